The number of carbonyl (C=O) groups is 2. The smallest absolute Gasteiger partial charge is 0.234 e. The molecule has 0 aliphatic heterocycles. The molecule has 0 aromatic carbocycles. The lowest BCUT2D eigenvalue weighted by Gasteiger charge is -2.09. The molecule has 7 nitrogen and oxygen atoms in total. The number of anilines is 2. The van der Waals surface area contributed by atoms with Crippen molar-refractivity contribution in [2.45, 2.75) is 57.8 Å². The molecule has 2 N–H and O–H groups in total. The summed E-state index contributed by atoms with van der Waals surface area (Å²) < 4.78 is 5.28. The summed E-state index contributed by atoms with van der Waals surface area (Å²) in [5.41, 5.74) is 2.62. The van der Waals surface area contributed by atoms with E-state index in [-0.39, 0.29) is 24.2 Å². The first kappa shape index (κ1) is 17.2. The molecule has 2 aliphatic carbocycles. The number of aryl methyl sites for hydroxylation is 1. The van der Waals surface area contributed by atoms with Gasteiger partial charge < -0.3 is 9.84 Å². The predicted molar refractivity (Wildman–Crippen MR) is 98.2 cm³/mol. The highest BCUT2D eigenvalue weighted by atomic mass is 32.1. The van der Waals surface area contributed by atoms with Crippen molar-refractivity contribution in [3.05, 3.63) is 22.3 Å². The second kappa shape index (κ2) is 7.57. The molecule has 4 rings (SSSR count). The lowest BCUT2D eigenvalue weighted by atomic mass is 9.98. The van der Waals surface area contributed by atoms with Crippen LogP contribution in [0.4, 0.5) is 11.0 Å². The maximum Gasteiger partial charge on any atom is 0.234 e. The predicted octanol–water partition coefficient (Wildman–Crippen LogP) is 3.32. The van der Waals surface area contributed by atoms with Gasteiger partial charge in [0.2, 0.25) is 17.7 Å². The molecule has 2 aromatic heterocycles. The number of aromatic nitrogens is 2. The Bertz CT molecular complexity index is 807. The molecule has 0 atom stereocenters. The van der Waals surface area contributed by atoms with Crippen LogP contribution in [0.25, 0.3) is 0 Å². The molecule has 1 fully saturated rings. The van der Waals surface area contributed by atoms with Gasteiger partial charge in [-0.05, 0) is 38.5 Å². The first-order valence-corrected chi connectivity index (χ1v) is 10.1. The minimum Gasteiger partial charge on any atom is -0.338 e. The van der Waals surface area contributed by atoms with Crippen molar-refractivity contribution < 1.29 is 14.1 Å². The fourth-order valence-electron chi connectivity index (χ4n) is 3.67. The van der Waals surface area contributed by atoms with Crippen LogP contribution in [0, 0.1) is 5.92 Å². The number of nitrogens with zero attached hydrogens (tertiary/aromatic N) is 2. The third kappa shape index (κ3) is 3.80. The standard InChI is InChI=1S/C18H22N4O3S/c23-15(20-17-13-7-3-4-8-14(13)22-25-17)9-12-10-26-18(19-12)21-16(24)11-5-1-2-6-11/h10-11H,1-9H2,(H,20,23)(H,19,21,24). The second-order valence-corrected chi connectivity index (χ2v) is 7.84. The summed E-state index contributed by atoms with van der Waals surface area (Å²) in [6.07, 6.45) is 8.29. The quantitative estimate of drug-likeness (QED) is 0.837. The normalized spacial score (nSPS) is 17.1. The summed E-state index contributed by atoms with van der Waals surface area (Å²) in [6, 6.07) is 0. The maximum atomic E-state index is 12.3. The van der Waals surface area contributed by atoms with Crippen LogP contribution in [-0.4, -0.2) is 22.0 Å². The maximum absolute atomic E-state index is 12.3. The highest BCUT2D eigenvalue weighted by Crippen LogP contribution is 2.28. The average Bonchev–Trinajstić information content (AvgIpc) is 3.37. The summed E-state index contributed by atoms with van der Waals surface area (Å²) >= 11 is 1.35. The van der Waals surface area contributed by atoms with E-state index < -0.39 is 0 Å². The highest BCUT2D eigenvalue weighted by Gasteiger charge is 2.24. The second-order valence-electron chi connectivity index (χ2n) is 6.98. The molecule has 1 saturated carbocycles. The molecule has 2 amide bonds. The first-order valence-electron chi connectivity index (χ1n) is 9.21. The van der Waals surface area contributed by atoms with Crippen LogP contribution >= 0.6 is 11.3 Å². The zero-order chi connectivity index (χ0) is 17.9. The number of nitrogens with one attached hydrogen (secondary N) is 2. The summed E-state index contributed by atoms with van der Waals surface area (Å²) in [7, 11) is 0. The van der Waals surface area contributed by atoms with Gasteiger partial charge in [-0.1, -0.05) is 18.0 Å². The van der Waals surface area contributed by atoms with Gasteiger partial charge in [0.15, 0.2) is 5.13 Å². The van der Waals surface area contributed by atoms with E-state index in [0.717, 1.165) is 62.6 Å². The zero-order valence-corrected chi connectivity index (χ0v) is 15.4. The number of amides is 2. The third-order valence-electron chi connectivity index (χ3n) is 5.06. The van der Waals surface area contributed by atoms with Gasteiger partial charge in [0.1, 0.15) is 0 Å². The number of thiazole rings is 1. The van der Waals surface area contributed by atoms with Crippen molar-refractivity contribution in [2.24, 2.45) is 5.92 Å². The van der Waals surface area contributed by atoms with Crippen LogP contribution in [0.5, 0.6) is 0 Å². The molecule has 0 bridgehead atoms. The molecule has 0 saturated heterocycles. The molecular weight excluding hydrogens is 352 g/mol. The van der Waals surface area contributed by atoms with Crippen molar-refractivity contribution in [3.63, 3.8) is 0 Å². The Morgan fingerprint density at radius 2 is 1.96 bits per heavy atom. The molecule has 0 spiro atoms. The van der Waals surface area contributed by atoms with E-state index in [0.29, 0.717) is 16.7 Å². The van der Waals surface area contributed by atoms with Gasteiger partial charge in [0.25, 0.3) is 0 Å². The van der Waals surface area contributed by atoms with Crippen molar-refractivity contribution in [2.75, 3.05) is 10.6 Å². The molecule has 0 radical (unpaired) electrons. The van der Waals surface area contributed by atoms with Gasteiger partial charge in [-0.2, -0.15) is 0 Å². The highest BCUT2D eigenvalue weighted by molar-refractivity contribution is 7.13. The van der Waals surface area contributed by atoms with Gasteiger partial charge in [-0.15, -0.1) is 11.3 Å². The van der Waals surface area contributed by atoms with Gasteiger partial charge >= 0.3 is 0 Å². The lowest BCUT2D eigenvalue weighted by molar-refractivity contribution is -0.119. The molecule has 8 heteroatoms. The van der Waals surface area contributed by atoms with Crippen LogP contribution < -0.4 is 10.6 Å². The van der Waals surface area contributed by atoms with Gasteiger partial charge in [0.05, 0.1) is 17.8 Å². The SMILES string of the molecule is O=C(Cc1csc(NC(=O)C2CCCC2)n1)Nc1onc2c1CCCC2. The lowest BCUT2D eigenvalue weighted by Crippen LogP contribution is -2.20. The van der Waals surface area contributed by atoms with Crippen molar-refractivity contribution in [1.29, 1.82) is 0 Å². The fourth-order valence-corrected chi connectivity index (χ4v) is 4.38. The Labute approximate surface area is 155 Å². The monoisotopic (exact) mass is 374 g/mol. The van der Waals surface area contributed by atoms with E-state index in [1.807, 2.05) is 0 Å². The van der Waals surface area contributed by atoms with Gasteiger partial charge in [-0.25, -0.2) is 4.98 Å². The topological polar surface area (TPSA) is 97.1 Å². The van der Waals surface area contributed by atoms with Crippen molar-refractivity contribution >= 4 is 34.2 Å². The Balaban J connectivity index is 1.33. The fraction of sp³-hybridized carbons (Fsp3) is 0.556. The molecule has 2 heterocycles. The molecule has 138 valence electrons. The van der Waals surface area contributed by atoms with E-state index in [4.69, 9.17) is 4.52 Å². The van der Waals surface area contributed by atoms with E-state index in [1.165, 1.54) is 11.3 Å². The Hall–Kier alpha value is -2.22. The van der Waals surface area contributed by atoms with E-state index in [1.54, 1.807) is 5.38 Å². The molecule has 2 aliphatic rings. The molecule has 2 aromatic rings. The Kier molecular flexibility index (Phi) is 5.01. The minimum atomic E-state index is -0.187. The van der Waals surface area contributed by atoms with Crippen LogP contribution in [0.3, 0.4) is 0 Å². The molecule has 0 unspecified atom stereocenters. The number of hydrogen-bond acceptors (Lipinski definition) is 6. The summed E-state index contributed by atoms with van der Waals surface area (Å²) in [6.45, 7) is 0. The number of fused-ring (bicyclic) bond motifs is 1. The number of carbonyl (C=O) groups excluding carboxylic acids is 2. The molecular formula is C18H22N4O3S. The van der Waals surface area contributed by atoms with E-state index >= 15 is 0 Å². The number of hydrogen-bond donors (Lipinski definition) is 2. The third-order valence-corrected chi connectivity index (χ3v) is 5.87. The van der Waals surface area contributed by atoms with Gasteiger partial charge in [-0.3, -0.25) is 14.9 Å². The van der Waals surface area contributed by atoms with Crippen LogP contribution in [-0.2, 0) is 28.9 Å². The van der Waals surface area contributed by atoms with Crippen LogP contribution in [0.15, 0.2) is 9.90 Å². The Morgan fingerprint density at radius 3 is 2.81 bits per heavy atom. The zero-order valence-electron chi connectivity index (χ0n) is 14.5. The van der Waals surface area contributed by atoms with E-state index in [2.05, 4.69) is 20.8 Å². The Morgan fingerprint density at radius 1 is 1.15 bits per heavy atom. The van der Waals surface area contributed by atoms with Crippen molar-refractivity contribution in [3.8, 4) is 0 Å². The van der Waals surface area contributed by atoms with Crippen LogP contribution in [0.2, 0.25) is 0 Å². The van der Waals surface area contributed by atoms with Crippen molar-refractivity contribution in [1.82, 2.24) is 10.1 Å². The number of rotatable bonds is 5. The minimum absolute atomic E-state index is 0.0427. The largest absolute Gasteiger partial charge is 0.338 e. The van der Waals surface area contributed by atoms with E-state index in [9.17, 15) is 9.59 Å². The molecule has 26 heavy (non-hydrogen) atoms. The summed E-state index contributed by atoms with van der Waals surface area (Å²) in [5, 5.41) is 12.1. The summed E-state index contributed by atoms with van der Waals surface area (Å²) in [5.74, 6) is 0.424. The first-order chi connectivity index (χ1) is 12.7. The van der Waals surface area contributed by atoms with Gasteiger partial charge in [0, 0.05) is 16.9 Å². The van der Waals surface area contributed by atoms with Crippen LogP contribution in [0.1, 0.15) is 55.5 Å². The average molecular weight is 374 g/mol. The summed E-state index contributed by atoms with van der Waals surface area (Å²) in [4.78, 5) is 28.8.